The van der Waals surface area contributed by atoms with Crippen LogP contribution in [0.5, 0.6) is 0 Å². The molecule has 0 saturated carbocycles. The molecule has 1 heteroatoms. The highest BCUT2D eigenvalue weighted by Gasteiger charge is 2.21. The van der Waals surface area contributed by atoms with Crippen LogP contribution in [0.3, 0.4) is 0 Å². The average Bonchev–Trinajstić information content (AvgIpc) is 2.54. The molecule has 1 heterocycles. The molecule has 0 unspecified atom stereocenters. The maximum Gasteiger partial charge on any atom is 0.00702 e. The molecule has 1 fully saturated rings. The molecule has 1 saturated heterocycles. The van der Waals surface area contributed by atoms with Crippen molar-refractivity contribution in [2.45, 2.75) is 77.3 Å². The van der Waals surface area contributed by atoms with E-state index in [1.807, 2.05) is 0 Å². The Balaban J connectivity index is 2.03. The van der Waals surface area contributed by atoms with Crippen molar-refractivity contribution in [2.24, 2.45) is 0 Å². The van der Waals surface area contributed by atoms with Gasteiger partial charge in [-0.15, -0.1) is 0 Å². The first-order valence-corrected chi connectivity index (χ1v) is 6.12. The summed E-state index contributed by atoms with van der Waals surface area (Å²) in [7, 11) is 0. The molecule has 0 amide bonds. The third kappa shape index (κ3) is 4.12. The quantitative estimate of drug-likeness (QED) is 0.622. The summed E-state index contributed by atoms with van der Waals surface area (Å²) in [4.78, 5) is 0. The van der Waals surface area contributed by atoms with Gasteiger partial charge in [-0.2, -0.15) is 0 Å². The second kappa shape index (κ2) is 6.42. The largest absolute Gasteiger partial charge is 0.311 e. The fourth-order valence-corrected chi connectivity index (χ4v) is 2.35. The molecule has 0 aromatic rings. The Kier molecular flexibility index (Phi) is 5.45. The van der Waals surface area contributed by atoms with Crippen molar-refractivity contribution in [3.05, 3.63) is 0 Å². The number of hydrogen-bond acceptors (Lipinski definition) is 1. The lowest BCUT2D eigenvalue weighted by molar-refractivity contribution is 0.471. The van der Waals surface area contributed by atoms with Gasteiger partial charge >= 0.3 is 0 Å². The second-order valence-corrected chi connectivity index (χ2v) is 4.42. The highest BCUT2D eigenvalue weighted by molar-refractivity contribution is 4.82. The number of nitrogens with one attached hydrogen (secondary N) is 1. The highest BCUT2D eigenvalue weighted by Crippen LogP contribution is 2.20. The summed E-state index contributed by atoms with van der Waals surface area (Å²) in [5.41, 5.74) is 0. The van der Waals surface area contributed by atoms with Crippen molar-refractivity contribution in [3.8, 4) is 0 Å². The van der Waals surface area contributed by atoms with Crippen LogP contribution in [0.4, 0.5) is 0 Å². The van der Waals surface area contributed by atoms with Crippen molar-refractivity contribution < 1.29 is 0 Å². The van der Waals surface area contributed by atoms with Gasteiger partial charge in [-0.1, -0.05) is 39.5 Å². The first-order valence-electron chi connectivity index (χ1n) is 6.12. The van der Waals surface area contributed by atoms with Gasteiger partial charge in [0.2, 0.25) is 0 Å². The summed E-state index contributed by atoms with van der Waals surface area (Å²) in [6.45, 7) is 4.56. The van der Waals surface area contributed by atoms with E-state index >= 15 is 0 Å². The Labute approximate surface area is 83.3 Å². The van der Waals surface area contributed by atoms with E-state index in [2.05, 4.69) is 19.2 Å². The summed E-state index contributed by atoms with van der Waals surface area (Å²) >= 11 is 0. The zero-order chi connectivity index (χ0) is 9.52. The number of unbranched alkanes of at least 4 members (excludes halogenated alkanes) is 2. The SMILES string of the molecule is CCCCC[C@H]1CC[C@@H](CCC)N1. The van der Waals surface area contributed by atoms with Crippen LogP contribution in [0.1, 0.15) is 65.2 Å². The molecular weight excluding hydrogens is 158 g/mol. The summed E-state index contributed by atoms with van der Waals surface area (Å²) in [5.74, 6) is 0. The van der Waals surface area contributed by atoms with Crippen molar-refractivity contribution in [3.63, 3.8) is 0 Å². The van der Waals surface area contributed by atoms with Gasteiger partial charge in [-0.3, -0.25) is 0 Å². The Morgan fingerprint density at radius 3 is 2.23 bits per heavy atom. The van der Waals surface area contributed by atoms with Gasteiger partial charge in [0.05, 0.1) is 0 Å². The highest BCUT2D eigenvalue weighted by atomic mass is 15.0. The smallest absolute Gasteiger partial charge is 0.00702 e. The van der Waals surface area contributed by atoms with Gasteiger partial charge in [0.1, 0.15) is 0 Å². The zero-order valence-electron chi connectivity index (χ0n) is 9.31. The normalized spacial score (nSPS) is 28.2. The molecule has 1 nitrogen and oxygen atoms in total. The van der Waals surface area contributed by atoms with Crippen LogP contribution in [0.2, 0.25) is 0 Å². The first-order chi connectivity index (χ1) is 6.36. The Morgan fingerprint density at radius 1 is 0.923 bits per heavy atom. The van der Waals surface area contributed by atoms with E-state index in [0.29, 0.717) is 0 Å². The molecule has 0 radical (unpaired) electrons. The Hall–Kier alpha value is -0.0400. The molecule has 0 bridgehead atoms. The molecule has 0 aliphatic carbocycles. The van der Waals surface area contributed by atoms with Crippen LogP contribution in [0, 0.1) is 0 Å². The van der Waals surface area contributed by atoms with E-state index < -0.39 is 0 Å². The molecular formula is C12H25N. The molecule has 0 aromatic carbocycles. The minimum absolute atomic E-state index is 0.844. The van der Waals surface area contributed by atoms with Crippen LogP contribution < -0.4 is 5.32 Å². The van der Waals surface area contributed by atoms with Gasteiger partial charge in [0.25, 0.3) is 0 Å². The monoisotopic (exact) mass is 183 g/mol. The molecule has 1 N–H and O–H groups in total. The fourth-order valence-electron chi connectivity index (χ4n) is 2.35. The summed E-state index contributed by atoms with van der Waals surface area (Å²) in [6, 6.07) is 1.69. The van der Waals surface area contributed by atoms with E-state index in [-0.39, 0.29) is 0 Å². The van der Waals surface area contributed by atoms with E-state index in [9.17, 15) is 0 Å². The molecule has 1 rings (SSSR count). The van der Waals surface area contributed by atoms with E-state index in [1.165, 1.54) is 51.4 Å². The first kappa shape index (κ1) is 11.0. The minimum Gasteiger partial charge on any atom is -0.311 e. The maximum atomic E-state index is 3.75. The van der Waals surface area contributed by atoms with E-state index in [4.69, 9.17) is 0 Å². The number of hydrogen-bond donors (Lipinski definition) is 1. The van der Waals surface area contributed by atoms with Crippen molar-refractivity contribution in [2.75, 3.05) is 0 Å². The van der Waals surface area contributed by atoms with Crippen LogP contribution >= 0.6 is 0 Å². The maximum absolute atomic E-state index is 3.75. The second-order valence-electron chi connectivity index (χ2n) is 4.42. The van der Waals surface area contributed by atoms with Crippen molar-refractivity contribution in [1.29, 1.82) is 0 Å². The van der Waals surface area contributed by atoms with Gasteiger partial charge < -0.3 is 5.32 Å². The summed E-state index contributed by atoms with van der Waals surface area (Å²) in [6.07, 6.45) is 11.2. The van der Waals surface area contributed by atoms with Gasteiger partial charge in [0, 0.05) is 12.1 Å². The summed E-state index contributed by atoms with van der Waals surface area (Å²) in [5, 5.41) is 3.75. The van der Waals surface area contributed by atoms with Crippen LogP contribution in [0.25, 0.3) is 0 Å². The van der Waals surface area contributed by atoms with Crippen molar-refractivity contribution in [1.82, 2.24) is 5.32 Å². The zero-order valence-corrected chi connectivity index (χ0v) is 9.31. The minimum atomic E-state index is 0.844. The van der Waals surface area contributed by atoms with E-state index in [1.54, 1.807) is 0 Å². The molecule has 1 aliphatic rings. The van der Waals surface area contributed by atoms with Gasteiger partial charge in [-0.05, 0) is 25.7 Å². The molecule has 0 aromatic heterocycles. The number of rotatable bonds is 6. The molecule has 78 valence electrons. The Bertz CT molecular complexity index is 122. The van der Waals surface area contributed by atoms with Crippen molar-refractivity contribution >= 4 is 0 Å². The standard InChI is InChI=1S/C12H25N/c1-3-5-6-8-12-10-9-11(13-12)7-4-2/h11-13H,3-10H2,1-2H3/t11-,12+/m1/s1. The third-order valence-corrected chi connectivity index (χ3v) is 3.13. The molecule has 2 atom stereocenters. The lowest BCUT2D eigenvalue weighted by atomic mass is 10.1. The van der Waals surface area contributed by atoms with Gasteiger partial charge in [-0.25, -0.2) is 0 Å². The molecule has 13 heavy (non-hydrogen) atoms. The van der Waals surface area contributed by atoms with Gasteiger partial charge in [0.15, 0.2) is 0 Å². The third-order valence-electron chi connectivity index (χ3n) is 3.13. The van der Waals surface area contributed by atoms with E-state index in [0.717, 1.165) is 12.1 Å². The topological polar surface area (TPSA) is 12.0 Å². The Morgan fingerprint density at radius 2 is 1.62 bits per heavy atom. The fraction of sp³-hybridized carbons (Fsp3) is 1.00. The van der Waals surface area contributed by atoms with Crippen LogP contribution in [-0.2, 0) is 0 Å². The lowest BCUT2D eigenvalue weighted by Gasteiger charge is -2.13. The predicted octanol–water partition coefficient (Wildman–Crippen LogP) is 3.49. The molecule has 1 aliphatic heterocycles. The van der Waals surface area contributed by atoms with Crippen LogP contribution in [-0.4, -0.2) is 12.1 Å². The van der Waals surface area contributed by atoms with Crippen LogP contribution in [0.15, 0.2) is 0 Å². The summed E-state index contributed by atoms with van der Waals surface area (Å²) < 4.78 is 0. The lowest BCUT2D eigenvalue weighted by Crippen LogP contribution is -2.28. The average molecular weight is 183 g/mol. The predicted molar refractivity (Wildman–Crippen MR) is 59.0 cm³/mol. The molecule has 0 spiro atoms.